The summed E-state index contributed by atoms with van der Waals surface area (Å²) >= 11 is 3.22. The standard InChI is InChI=1S/C10H10BrNO3/c11-8-3-5-15-9(8)10(14)12-4-1-2-7(13)6-12/h3,5H,1-2,4,6H2. The Labute approximate surface area is 95.4 Å². The zero-order valence-corrected chi connectivity index (χ0v) is 9.62. The molecule has 4 nitrogen and oxygen atoms in total. The normalized spacial score (nSPS) is 16.9. The Bertz CT molecular complexity index is 399. The average molecular weight is 272 g/mol. The highest BCUT2D eigenvalue weighted by molar-refractivity contribution is 9.10. The molecule has 0 bridgehead atoms. The Hall–Kier alpha value is -1.10. The van der Waals surface area contributed by atoms with Crippen molar-refractivity contribution in [2.24, 2.45) is 0 Å². The lowest BCUT2D eigenvalue weighted by atomic mass is 10.1. The first-order valence-corrected chi connectivity index (χ1v) is 5.52. The highest BCUT2D eigenvalue weighted by Gasteiger charge is 2.25. The van der Waals surface area contributed by atoms with Crippen molar-refractivity contribution in [3.8, 4) is 0 Å². The van der Waals surface area contributed by atoms with Crippen molar-refractivity contribution in [3.05, 3.63) is 22.6 Å². The van der Waals surface area contributed by atoms with E-state index in [2.05, 4.69) is 15.9 Å². The second-order valence-corrected chi connectivity index (χ2v) is 4.32. The fourth-order valence-corrected chi connectivity index (χ4v) is 1.97. The number of ketones is 1. The van der Waals surface area contributed by atoms with Crippen LogP contribution in [-0.2, 0) is 4.79 Å². The maximum absolute atomic E-state index is 11.9. The summed E-state index contributed by atoms with van der Waals surface area (Å²) in [5.74, 6) is 0.155. The highest BCUT2D eigenvalue weighted by Crippen LogP contribution is 2.20. The first-order chi connectivity index (χ1) is 7.18. The third-order valence-corrected chi connectivity index (χ3v) is 2.97. The summed E-state index contributed by atoms with van der Waals surface area (Å²) in [6.45, 7) is 0.823. The van der Waals surface area contributed by atoms with Gasteiger partial charge in [-0.05, 0) is 28.4 Å². The van der Waals surface area contributed by atoms with Crippen molar-refractivity contribution in [2.45, 2.75) is 12.8 Å². The molecular formula is C10H10BrNO3. The van der Waals surface area contributed by atoms with E-state index in [0.717, 1.165) is 6.42 Å². The molecule has 0 saturated carbocycles. The smallest absolute Gasteiger partial charge is 0.291 e. The first-order valence-electron chi connectivity index (χ1n) is 4.72. The van der Waals surface area contributed by atoms with Crippen LogP contribution in [0.15, 0.2) is 21.2 Å². The van der Waals surface area contributed by atoms with Gasteiger partial charge in [0.25, 0.3) is 5.91 Å². The fraction of sp³-hybridized carbons (Fsp3) is 0.400. The Morgan fingerprint density at radius 3 is 2.93 bits per heavy atom. The van der Waals surface area contributed by atoms with Gasteiger partial charge in [-0.3, -0.25) is 9.59 Å². The van der Waals surface area contributed by atoms with E-state index >= 15 is 0 Å². The second-order valence-electron chi connectivity index (χ2n) is 3.47. The highest BCUT2D eigenvalue weighted by atomic mass is 79.9. The van der Waals surface area contributed by atoms with E-state index in [0.29, 0.717) is 17.4 Å². The predicted octanol–water partition coefficient (Wildman–Crippen LogP) is 1.85. The van der Waals surface area contributed by atoms with Gasteiger partial charge in [-0.2, -0.15) is 0 Å². The van der Waals surface area contributed by atoms with E-state index in [4.69, 9.17) is 4.42 Å². The molecule has 0 radical (unpaired) electrons. The summed E-state index contributed by atoms with van der Waals surface area (Å²) in [6.07, 6.45) is 2.76. The van der Waals surface area contributed by atoms with Crippen LogP contribution in [0.3, 0.4) is 0 Å². The number of Topliss-reactive ketones (excluding diaryl/α,β-unsaturated/α-hetero) is 1. The minimum Gasteiger partial charge on any atom is -0.458 e. The zero-order valence-electron chi connectivity index (χ0n) is 8.03. The van der Waals surface area contributed by atoms with Crippen LogP contribution >= 0.6 is 15.9 Å². The molecule has 1 aromatic rings. The summed E-state index contributed by atoms with van der Waals surface area (Å²) in [4.78, 5) is 24.6. The maximum atomic E-state index is 11.9. The Balaban J connectivity index is 2.14. The number of carbonyl (C=O) groups is 2. The number of furan rings is 1. The molecule has 1 saturated heterocycles. The number of piperidine rings is 1. The van der Waals surface area contributed by atoms with Crippen LogP contribution in [0.1, 0.15) is 23.4 Å². The molecule has 2 rings (SSSR count). The molecule has 1 aromatic heterocycles. The largest absolute Gasteiger partial charge is 0.458 e. The van der Waals surface area contributed by atoms with E-state index in [1.807, 2.05) is 0 Å². The molecule has 0 unspecified atom stereocenters. The number of halogens is 1. The van der Waals surface area contributed by atoms with Crippen LogP contribution in [0, 0.1) is 0 Å². The molecule has 1 aliphatic heterocycles. The number of rotatable bonds is 1. The molecule has 1 amide bonds. The predicted molar refractivity (Wildman–Crippen MR) is 56.6 cm³/mol. The average Bonchev–Trinajstić information content (AvgIpc) is 2.63. The first kappa shape index (κ1) is 10.4. The van der Waals surface area contributed by atoms with Gasteiger partial charge in [-0.15, -0.1) is 0 Å². The quantitative estimate of drug-likeness (QED) is 0.783. The minimum atomic E-state index is -0.222. The molecule has 5 heteroatoms. The van der Waals surface area contributed by atoms with E-state index in [1.54, 1.807) is 6.07 Å². The van der Waals surface area contributed by atoms with Gasteiger partial charge >= 0.3 is 0 Å². The Kier molecular flexibility index (Phi) is 2.90. The molecule has 0 spiro atoms. The number of hydrogen-bond donors (Lipinski definition) is 0. The van der Waals surface area contributed by atoms with Crippen molar-refractivity contribution in [1.29, 1.82) is 0 Å². The van der Waals surface area contributed by atoms with Crippen LogP contribution in [0.5, 0.6) is 0 Å². The molecule has 1 fully saturated rings. The third-order valence-electron chi connectivity index (χ3n) is 2.35. The van der Waals surface area contributed by atoms with E-state index in [-0.39, 0.29) is 24.0 Å². The van der Waals surface area contributed by atoms with Gasteiger partial charge in [0.15, 0.2) is 5.78 Å². The molecule has 0 aromatic carbocycles. The van der Waals surface area contributed by atoms with Crippen molar-refractivity contribution in [3.63, 3.8) is 0 Å². The summed E-state index contributed by atoms with van der Waals surface area (Å²) in [5.41, 5.74) is 0. The van der Waals surface area contributed by atoms with Gasteiger partial charge in [0.1, 0.15) is 0 Å². The molecule has 0 N–H and O–H groups in total. The zero-order chi connectivity index (χ0) is 10.8. The van der Waals surface area contributed by atoms with Gasteiger partial charge < -0.3 is 9.32 Å². The van der Waals surface area contributed by atoms with Crippen LogP contribution < -0.4 is 0 Å². The molecule has 0 atom stereocenters. The number of likely N-dealkylation sites (tertiary alicyclic amines) is 1. The summed E-state index contributed by atoms with van der Waals surface area (Å²) in [5, 5.41) is 0. The fourth-order valence-electron chi connectivity index (χ4n) is 1.60. The Morgan fingerprint density at radius 1 is 1.53 bits per heavy atom. The molecule has 1 aliphatic rings. The molecule has 0 aliphatic carbocycles. The van der Waals surface area contributed by atoms with Gasteiger partial charge in [0.2, 0.25) is 5.76 Å². The van der Waals surface area contributed by atoms with Crippen molar-refractivity contribution >= 4 is 27.6 Å². The number of hydrogen-bond acceptors (Lipinski definition) is 3. The lowest BCUT2D eigenvalue weighted by Crippen LogP contribution is -2.40. The summed E-state index contributed by atoms with van der Waals surface area (Å²) < 4.78 is 5.70. The van der Waals surface area contributed by atoms with Crippen LogP contribution in [0.4, 0.5) is 0 Å². The van der Waals surface area contributed by atoms with Crippen molar-refractivity contribution < 1.29 is 14.0 Å². The number of nitrogens with zero attached hydrogens (tertiary/aromatic N) is 1. The Morgan fingerprint density at radius 2 is 2.33 bits per heavy atom. The topological polar surface area (TPSA) is 50.5 Å². The molecule has 2 heterocycles. The van der Waals surface area contributed by atoms with E-state index in [9.17, 15) is 9.59 Å². The monoisotopic (exact) mass is 271 g/mol. The van der Waals surface area contributed by atoms with Crippen molar-refractivity contribution in [1.82, 2.24) is 4.90 Å². The lowest BCUT2D eigenvalue weighted by Gasteiger charge is -2.24. The summed E-state index contributed by atoms with van der Waals surface area (Å²) in [7, 11) is 0. The third kappa shape index (κ3) is 2.12. The maximum Gasteiger partial charge on any atom is 0.291 e. The van der Waals surface area contributed by atoms with Crippen LogP contribution in [0.2, 0.25) is 0 Å². The van der Waals surface area contributed by atoms with Crippen molar-refractivity contribution in [2.75, 3.05) is 13.1 Å². The van der Waals surface area contributed by atoms with E-state index in [1.165, 1.54) is 11.2 Å². The molecule has 80 valence electrons. The summed E-state index contributed by atoms with van der Waals surface area (Å²) in [6, 6.07) is 1.67. The van der Waals surface area contributed by atoms with Gasteiger partial charge in [0.05, 0.1) is 17.3 Å². The van der Waals surface area contributed by atoms with Crippen LogP contribution in [0.25, 0.3) is 0 Å². The lowest BCUT2D eigenvalue weighted by molar-refractivity contribution is -0.121. The number of amides is 1. The van der Waals surface area contributed by atoms with E-state index < -0.39 is 0 Å². The number of carbonyl (C=O) groups excluding carboxylic acids is 2. The molecule has 15 heavy (non-hydrogen) atoms. The van der Waals surface area contributed by atoms with Crippen LogP contribution in [-0.4, -0.2) is 29.7 Å². The minimum absolute atomic E-state index is 0.109. The SMILES string of the molecule is O=C1CCCN(C(=O)c2occc2Br)C1. The van der Waals surface area contributed by atoms with Gasteiger partial charge in [0, 0.05) is 13.0 Å². The van der Waals surface area contributed by atoms with Gasteiger partial charge in [-0.25, -0.2) is 0 Å². The van der Waals surface area contributed by atoms with Gasteiger partial charge in [-0.1, -0.05) is 0 Å². The molecular weight excluding hydrogens is 262 g/mol. The second kappa shape index (κ2) is 4.18.